The third-order valence-corrected chi connectivity index (χ3v) is 6.51. The van der Waals surface area contributed by atoms with Crippen molar-refractivity contribution in [3.8, 4) is 0 Å². The fourth-order valence-electron chi connectivity index (χ4n) is 2.03. The van der Waals surface area contributed by atoms with Crippen LogP contribution in [-0.4, -0.2) is 59.4 Å². The zero-order valence-corrected chi connectivity index (χ0v) is 13.9. The lowest BCUT2D eigenvalue weighted by atomic mass is 10.2. The Kier molecular flexibility index (Phi) is 6.30. The topological polar surface area (TPSA) is 83.9 Å². The molecule has 6 nitrogen and oxygen atoms in total. The molecule has 8 heteroatoms. The van der Waals surface area contributed by atoms with Crippen LogP contribution >= 0.6 is 11.8 Å². The van der Waals surface area contributed by atoms with Gasteiger partial charge in [-0.25, -0.2) is 8.42 Å². The molecule has 1 aliphatic heterocycles. The number of carboxylic acids is 1. The van der Waals surface area contributed by atoms with Crippen LogP contribution in [0.2, 0.25) is 0 Å². The third kappa shape index (κ3) is 4.34. The Morgan fingerprint density at radius 1 is 1.40 bits per heavy atom. The Bertz CT molecular complexity index is 435. The molecule has 1 N–H and O–H groups in total. The highest BCUT2D eigenvalue weighted by atomic mass is 32.2. The number of ether oxygens (including phenoxy) is 1. The summed E-state index contributed by atoms with van der Waals surface area (Å²) in [5.74, 6) is -0.916. The van der Waals surface area contributed by atoms with Crippen molar-refractivity contribution in [2.24, 2.45) is 5.92 Å². The minimum absolute atomic E-state index is 0.0469. The molecule has 1 rings (SSSR count). The van der Waals surface area contributed by atoms with Crippen molar-refractivity contribution in [2.75, 3.05) is 18.1 Å². The summed E-state index contributed by atoms with van der Waals surface area (Å²) in [5.41, 5.74) is 0. The fourth-order valence-corrected chi connectivity index (χ4v) is 5.69. The summed E-state index contributed by atoms with van der Waals surface area (Å²) < 4.78 is 31.3. The van der Waals surface area contributed by atoms with E-state index in [1.54, 1.807) is 0 Å². The van der Waals surface area contributed by atoms with Crippen molar-refractivity contribution < 1.29 is 23.1 Å². The second kappa shape index (κ2) is 7.11. The van der Waals surface area contributed by atoms with Gasteiger partial charge in [0.05, 0.1) is 23.8 Å². The van der Waals surface area contributed by atoms with Crippen LogP contribution < -0.4 is 0 Å². The molecule has 1 aliphatic rings. The molecule has 0 saturated carbocycles. The number of thioether (sulfide) groups is 1. The molecule has 0 amide bonds. The molecule has 0 bridgehead atoms. The standard InChI is InChI=1S/C12H23NO5S2/c1-8(2)11-13(10(7-19-11)12(14)15)20(16,17)6-5-18-9(3)4/h8-11H,5-7H2,1-4H3,(H,14,15). The van der Waals surface area contributed by atoms with Crippen molar-refractivity contribution in [3.63, 3.8) is 0 Å². The Hall–Kier alpha value is -0.310. The average Bonchev–Trinajstić information content (AvgIpc) is 2.73. The van der Waals surface area contributed by atoms with Crippen LogP contribution in [0, 0.1) is 5.92 Å². The van der Waals surface area contributed by atoms with Crippen LogP contribution in [0.3, 0.4) is 0 Å². The first-order valence-electron chi connectivity index (χ1n) is 6.64. The van der Waals surface area contributed by atoms with Crippen LogP contribution in [0.4, 0.5) is 0 Å². The first-order chi connectivity index (χ1) is 9.16. The summed E-state index contributed by atoms with van der Waals surface area (Å²) in [6.07, 6.45) is -0.0469. The van der Waals surface area contributed by atoms with E-state index in [-0.39, 0.29) is 29.8 Å². The first-order valence-corrected chi connectivity index (χ1v) is 9.30. The zero-order chi connectivity index (χ0) is 15.5. The van der Waals surface area contributed by atoms with Gasteiger partial charge in [-0.1, -0.05) is 13.8 Å². The van der Waals surface area contributed by atoms with Crippen molar-refractivity contribution in [1.82, 2.24) is 4.31 Å². The summed E-state index contributed by atoms with van der Waals surface area (Å²) in [6.45, 7) is 7.53. The lowest BCUT2D eigenvalue weighted by Crippen LogP contribution is -2.48. The Labute approximate surface area is 124 Å². The van der Waals surface area contributed by atoms with E-state index >= 15 is 0 Å². The van der Waals surface area contributed by atoms with Gasteiger partial charge in [0, 0.05) is 5.75 Å². The lowest BCUT2D eigenvalue weighted by molar-refractivity contribution is -0.140. The van der Waals surface area contributed by atoms with Gasteiger partial charge in [0.25, 0.3) is 0 Å². The van der Waals surface area contributed by atoms with Gasteiger partial charge in [0.1, 0.15) is 6.04 Å². The summed E-state index contributed by atoms with van der Waals surface area (Å²) in [5, 5.41) is 8.89. The molecule has 0 aromatic heterocycles. The summed E-state index contributed by atoms with van der Waals surface area (Å²) in [6, 6.07) is -0.976. The maximum absolute atomic E-state index is 12.4. The lowest BCUT2D eigenvalue weighted by Gasteiger charge is -2.28. The fraction of sp³-hybridized carbons (Fsp3) is 0.917. The van der Waals surface area contributed by atoms with Gasteiger partial charge in [-0.2, -0.15) is 4.31 Å². The second-order valence-corrected chi connectivity index (χ2v) is 8.53. The number of hydrogen-bond acceptors (Lipinski definition) is 5. The number of nitrogens with zero attached hydrogens (tertiary/aromatic N) is 1. The predicted molar refractivity (Wildman–Crippen MR) is 79.2 cm³/mol. The third-order valence-electron chi connectivity index (χ3n) is 2.95. The highest BCUT2D eigenvalue weighted by Crippen LogP contribution is 2.36. The number of carboxylic acid groups (broad SMARTS) is 1. The first kappa shape index (κ1) is 17.7. The van der Waals surface area contributed by atoms with E-state index in [0.29, 0.717) is 5.75 Å². The molecule has 20 heavy (non-hydrogen) atoms. The molecule has 1 heterocycles. The van der Waals surface area contributed by atoms with Crippen LogP contribution in [0.1, 0.15) is 27.7 Å². The van der Waals surface area contributed by atoms with Crippen LogP contribution in [0.15, 0.2) is 0 Å². The van der Waals surface area contributed by atoms with Crippen molar-refractivity contribution in [1.29, 1.82) is 0 Å². The van der Waals surface area contributed by atoms with Gasteiger partial charge in [0.15, 0.2) is 0 Å². The molecule has 2 unspecified atom stereocenters. The van der Waals surface area contributed by atoms with Gasteiger partial charge in [0.2, 0.25) is 10.0 Å². The van der Waals surface area contributed by atoms with Crippen LogP contribution in [0.25, 0.3) is 0 Å². The van der Waals surface area contributed by atoms with E-state index in [0.717, 1.165) is 4.31 Å². The normalized spacial score (nSPS) is 24.7. The highest BCUT2D eigenvalue weighted by molar-refractivity contribution is 8.01. The number of sulfonamides is 1. The summed E-state index contributed by atoms with van der Waals surface area (Å²) in [7, 11) is -3.64. The molecule has 0 radical (unpaired) electrons. The van der Waals surface area contributed by atoms with E-state index < -0.39 is 22.0 Å². The van der Waals surface area contributed by atoms with Gasteiger partial charge in [-0.3, -0.25) is 4.79 Å². The second-order valence-electron chi connectivity index (χ2n) is 5.39. The molecule has 1 saturated heterocycles. The molecule has 0 aromatic rings. The van der Waals surface area contributed by atoms with Crippen molar-refractivity contribution in [3.05, 3.63) is 0 Å². The number of hydrogen-bond donors (Lipinski definition) is 1. The zero-order valence-electron chi connectivity index (χ0n) is 12.3. The quantitative estimate of drug-likeness (QED) is 0.758. The maximum atomic E-state index is 12.4. The maximum Gasteiger partial charge on any atom is 0.322 e. The molecule has 118 valence electrons. The Morgan fingerprint density at radius 3 is 2.45 bits per heavy atom. The number of carbonyl (C=O) groups is 1. The van der Waals surface area contributed by atoms with Crippen molar-refractivity contribution in [2.45, 2.75) is 45.2 Å². The molecule has 0 spiro atoms. The smallest absolute Gasteiger partial charge is 0.322 e. The largest absolute Gasteiger partial charge is 0.480 e. The molecular weight excluding hydrogens is 302 g/mol. The van der Waals surface area contributed by atoms with E-state index in [1.165, 1.54) is 11.8 Å². The van der Waals surface area contributed by atoms with Gasteiger partial charge >= 0.3 is 5.97 Å². The molecule has 0 aliphatic carbocycles. The minimum Gasteiger partial charge on any atom is -0.480 e. The molecule has 2 atom stereocenters. The SMILES string of the molecule is CC(C)OCCS(=O)(=O)N1C(C(=O)O)CSC1C(C)C. The monoisotopic (exact) mass is 325 g/mol. The average molecular weight is 325 g/mol. The van der Waals surface area contributed by atoms with Gasteiger partial charge in [-0.15, -0.1) is 11.8 Å². The number of rotatable bonds is 7. The molecule has 0 aromatic carbocycles. The van der Waals surface area contributed by atoms with Gasteiger partial charge in [-0.05, 0) is 19.8 Å². The Morgan fingerprint density at radius 2 is 2.00 bits per heavy atom. The summed E-state index contributed by atoms with van der Waals surface area (Å²) in [4.78, 5) is 11.3. The predicted octanol–water partition coefficient (Wildman–Crippen LogP) is 1.23. The number of aliphatic carboxylic acids is 1. The molecule has 1 fully saturated rings. The van der Waals surface area contributed by atoms with E-state index in [4.69, 9.17) is 4.74 Å². The van der Waals surface area contributed by atoms with Crippen LogP contribution in [-0.2, 0) is 19.6 Å². The van der Waals surface area contributed by atoms with E-state index in [2.05, 4.69) is 0 Å². The minimum atomic E-state index is -3.64. The highest BCUT2D eigenvalue weighted by Gasteiger charge is 2.46. The summed E-state index contributed by atoms with van der Waals surface area (Å²) >= 11 is 1.39. The van der Waals surface area contributed by atoms with Crippen molar-refractivity contribution >= 4 is 27.8 Å². The van der Waals surface area contributed by atoms with Crippen LogP contribution in [0.5, 0.6) is 0 Å². The Balaban J connectivity index is 2.87. The van der Waals surface area contributed by atoms with E-state index in [1.807, 2.05) is 27.7 Å². The van der Waals surface area contributed by atoms with E-state index in [9.17, 15) is 18.3 Å². The molecular formula is C12H23NO5S2. The van der Waals surface area contributed by atoms with Gasteiger partial charge < -0.3 is 9.84 Å².